The summed E-state index contributed by atoms with van der Waals surface area (Å²) < 4.78 is 39.5. The molecular formula is C12H12F3NO3S. The minimum atomic E-state index is -4.44. The molecule has 0 aliphatic heterocycles. The summed E-state index contributed by atoms with van der Waals surface area (Å²) >= 11 is 1.32. The number of amides is 1. The Morgan fingerprint density at radius 2 is 2.20 bits per heavy atom. The molecule has 20 heavy (non-hydrogen) atoms. The molecule has 0 radical (unpaired) electrons. The normalized spacial score (nSPS) is 10.8. The van der Waals surface area contributed by atoms with Crippen molar-refractivity contribution in [3.05, 3.63) is 21.9 Å². The lowest BCUT2D eigenvalue weighted by Crippen LogP contribution is -2.29. The molecule has 0 aliphatic rings. The number of rotatable bonds is 5. The van der Waals surface area contributed by atoms with Crippen LogP contribution < -0.4 is 5.32 Å². The lowest BCUT2D eigenvalue weighted by atomic mass is 10.4. The molecule has 0 fully saturated rings. The first-order valence-corrected chi connectivity index (χ1v) is 6.32. The van der Waals surface area contributed by atoms with Crippen LogP contribution >= 0.6 is 11.3 Å². The van der Waals surface area contributed by atoms with E-state index < -0.39 is 25.3 Å². The molecule has 1 aromatic heterocycles. The Morgan fingerprint density at radius 3 is 2.85 bits per heavy atom. The molecule has 1 amide bonds. The van der Waals surface area contributed by atoms with Crippen LogP contribution in [0.3, 0.4) is 0 Å². The topological polar surface area (TPSA) is 58.6 Å². The van der Waals surface area contributed by atoms with Crippen LogP contribution in [0.1, 0.15) is 9.75 Å². The third-order valence-corrected chi connectivity index (χ3v) is 2.91. The Labute approximate surface area is 117 Å². The third kappa shape index (κ3) is 7.13. The van der Waals surface area contributed by atoms with Gasteiger partial charge in [0.25, 0.3) is 0 Å². The van der Waals surface area contributed by atoms with Crippen molar-refractivity contribution >= 4 is 17.2 Å². The predicted octanol–water partition coefficient (Wildman–Crippen LogP) is 1.29. The summed E-state index contributed by atoms with van der Waals surface area (Å²) in [5.41, 5.74) is 0. The van der Waals surface area contributed by atoms with E-state index in [-0.39, 0.29) is 13.2 Å². The van der Waals surface area contributed by atoms with Crippen molar-refractivity contribution in [2.75, 3.05) is 19.8 Å². The number of ether oxygens (including phenoxy) is 1. The molecule has 0 bridgehead atoms. The van der Waals surface area contributed by atoms with Crippen molar-refractivity contribution in [3.8, 4) is 11.8 Å². The number of nitrogens with one attached hydrogen (secondary N) is 1. The first-order valence-electron chi connectivity index (χ1n) is 5.50. The highest BCUT2D eigenvalue weighted by Crippen LogP contribution is 2.15. The Morgan fingerprint density at radius 1 is 1.45 bits per heavy atom. The molecule has 1 heterocycles. The van der Waals surface area contributed by atoms with Gasteiger partial charge < -0.3 is 15.2 Å². The molecule has 0 saturated carbocycles. The second-order valence-corrected chi connectivity index (χ2v) is 4.78. The molecular weight excluding hydrogens is 295 g/mol. The highest BCUT2D eigenvalue weighted by molar-refractivity contribution is 7.12. The van der Waals surface area contributed by atoms with Gasteiger partial charge in [0, 0.05) is 4.88 Å². The van der Waals surface area contributed by atoms with Crippen molar-refractivity contribution in [1.29, 1.82) is 0 Å². The Balaban J connectivity index is 2.29. The number of carbonyl (C=O) groups excluding carboxylic acids is 1. The number of thiophene rings is 1. The maximum absolute atomic E-state index is 11.8. The third-order valence-electron chi connectivity index (χ3n) is 1.91. The molecule has 1 rings (SSSR count). The smallest absolute Gasteiger partial charge is 0.384 e. The zero-order valence-corrected chi connectivity index (χ0v) is 11.1. The summed E-state index contributed by atoms with van der Waals surface area (Å²) in [4.78, 5) is 12.8. The van der Waals surface area contributed by atoms with Crippen molar-refractivity contribution in [2.45, 2.75) is 12.7 Å². The van der Waals surface area contributed by atoms with Crippen molar-refractivity contribution in [2.24, 2.45) is 0 Å². The lowest BCUT2D eigenvalue weighted by Gasteiger charge is -2.07. The van der Waals surface area contributed by atoms with Crippen LogP contribution in [0.5, 0.6) is 0 Å². The maximum Gasteiger partial charge on any atom is 0.411 e. The van der Waals surface area contributed by atoms with Crippen molar-refractivity contribution in [1.82, 2.24) is 5.32 Å². The molecule has 1 aromatic rings. The lowest BCUT2D eigenvalue weighted by molar-refractivity contribution is -0.175. The van der Waals surface area contributed by atoms with Gasteiger partial charge in [-0.15, -0.1) is 11.3 Å². The Bertz CT molecular complexity index is 502. The molecule has 0 unspecified atom stereocenters. The van der Waals surface area contributed by atoms with E-state index in [9.17, 15) is 18.0 Å². The van der Waals surface area contributed by atoms with Crippen LogP contribution in [0.2, 0.25) is 0 Å². The van der Waals surface area contributed by atoms with Gasteiger partial charge in [-0.05, 0) is 12.1 Å². The monoisotopic (exact) mass is 307 g/mol. The summed E-state index contributed by atoms with van der Waals surface area (Å²) in [6.45, 7) is -2.12. The van der Waals surface area contributed by atoms with Gasteiger partial charge in [0.05, 0.1) is 11.4 Å². The van der Waals surface area contributed by atoms with Crippen LogP contribution in [-0.4, -0.2) is 37.0 Å². The van der Waals surface area contributed by atoms with E-state index in [1.54, 1.807) is 12.1 Å². The average Bonchev–Trinajstić information content (AvgIpc) is 2.80. The number of aliphatic hydroxyl groups is 1. The van der Waals surface area contributed by atoms with Crippen LogP contribution in [0.25, 0.3) is 0 Å². The van der Waals surface area contributed by atoms with Crippen LogP contribution in [-0.2, 0) is 16.1 Å². The van der Waals surface area contributed by atoms with Gasteiger partial charge >= 0.3 is 6.18 Å². The number of aliphatic hydroxyl groups excluding tert-OH is 1. The first kappa shape index (κ1) is 16.5. The molecule has 0 saturated heterocycles. The molecule has 0 atom stereocenters. The maximum atomic E-state index is 11.8. The standard InChI is InChI=1S/C12H12F3NO3S/c13-12(14,15)8-19-7-11(18)16-6-10-4-3-9(20-10)2-1-5-17/h3-4,17H,5-8H2,(H,16,18). The number of hydrogen-bond donors (Lipinski definition) is 2. The largest absolute Gasteiger partial charge is 0.411 e. The second kappa shape index (κ2) is 7.89. The van der Waals surface area contributed by atoms with Crippen LogP contribution in [0.4, 0.5) is 13.2 Å². The fourth-order valence-electron chi connectivity index (χ4n) is 1.16. The van der Waals surface area contributed by atoms with E-state index in [0.29, 0.717) is 0 Å². The molecule has 2 N–H and O–H groups in total. The van der Waals surface area contributed by atoms with Crippen LogP contribution in [0.15, 0.2) is 12.1 Å². The Kier molecular flexibility index (Phi) is 6.51. The zero-order chi connectivity index (χ0) is 15.0. The fraction of sp³-hybridized carbons (Fsp3) is 0.417. The van der Waals surface area contributed by atoms with Gasteiger partial charge in [-0.1, -0.05) is 11.8 Å². The fourth-order valence-corrected chi connectivity index (χ4v) is 1.99. The van der Waals surface area contributed by atoms with Crippen LogP contribution in [0, 0.1) is 11.8 Å². The van der Waals surface area contributed by atoms with E-state index in [4.69, 9.17) is 5.11 Å². The van der Waals surface area contributed by atoms with Gasteiger partial charge in [0.2, 0.25) is 5.91 Å². The Hall–Kier alpha value is -1.56. The summed E-state index contributed by atoms with van der Waals surface area (Å²) in [5.74, 6) is 4.58. The summed E-state index contributed by atoms with van der Waals surface area (Å²) in [5, 5.41) is 11.0. The number of halogens is 3. The van der Waals surface area contributed by atoms with Crippen molar-refractivity contribution < 1.29 is 27.8 Å². The van der Waals surface area contributed by atoms with Gasteiger partial charge in [-0.25, -0.2) is 0 Å². The predicted molar refractivity (Wildman–Crippen MR) is 67.0 cm³/mol. The van der Waals surface area contributed by atoms with Gasteiger partial charge in [0.15, 0.2) is 0 Å². The van der Waals surface area contributed by atoms with E-state index in [2.05, 4.69) is 21.9 Å². The first-order chi connectivity index (χ1) is 9.40. The molecule has 4 nitrogen and oxygen atoms in total. The van der Waals surface area contributed by atoms with E-state index in [1.165, 1.54) is 11.3 Å². The zero-order valence-electron chi connectivity index (χ0n) is 10.3. The molecule has 110 valence electrons. The minimum Gasteiger partial charge on any atom is -0.384 e. The van der Waals surface area contributed by atoms with Gasteiger partial charge in [-0.2, -0.15) is 13.2 Å². The van der Waals surface area contributed by atoms with E-state index in [0.717, 1.165) is 9.75 Å². The molecule has 0 aromatic carbocycles. The van der Waals surface area contributed by atoms with Gasteiger partial charge in [-0.3, -0.25) is 4.79 Å². The van der Waals surface area contributed by atoms with Gasteiger partial charge in [0.1, 0.15) is 19.8 Å². The molecule has 8 heteroatoms. The number of carbonyl (C=O) groups is 1. The SMILES string of the molecule is O=C(COCC(F)(F)F)NCc1ccc(C#CCO)s1. The van der Waals surface area contributed by atoms with Crippen molar-refractivity contribution in [3.63, 3.8) is 0 Å². The average molecular weight is 307 g/mol. The molecule has 0 aliphatic carbocycles. The summed E-state index contributed by atoms with van der Waals surface area (Å²) in [6, 6.07) is 3.47. The summed E-state index contributed by atoms with van der Waals surface area (Å²) in [6.07, 6.45) is -4.44. The quantitative estimate of drug-likeness (QED) is 0.806. The van der Waals surface area contributed by atoms with E-state index >= 15 is 0 Å². The highest BCUT2D eigenvalue weighted by Gasteiger charge is 2.27. The highest BCUT2D eigenvalue weighted by atomic mass is 32.1. The molecule has 0 spiro atoms. The second-order valence-electron chi connectivity index (χ2n) is 3.61. The number of alkyl halides is 3. The minimum absolute atomic E-state index is 0.194. The van der Waals surface area contributed by atoms with E-state index in [1.807, 2.05) is 0 Å². The number of hydrogen-bond acceptors (Lipinski definition) is 4. The summed E-state index contributed by atoms with van der Waals surface area (Å²) in [7, 11) is 0.